The molecule has 0 radical (unpaired) electrons. The van der Waals surface area contributed by atoms with Crippen molar-refractivity contribution in [2.24, 2.45) is 5.41 Å². The Kier molecular flexibility index (Phi) is 5.44. The van der Waals surface area contributed by atoms with Crippen LogP contribution in [0.4, 0.5) is 5.69 Å². The molecule has 1 aromatic rings. The van der Waals surface area contributed by atoms with Crippen LogP contribution in [0.1, 0.15) is 25.3 Å². The normalized spacial score (nSPS) is 22.8. The zero-order valence-corrected chi connectivity index (χ0v) is 13.1. The van der Waals surface area contributed by atoms with Crippen LogP contribution in [0.15, 0.2) is 24.3 Å². The minimum absolute atomic E-state index is 0.241. The van der Waals surface area contributed by atoms with Gasteiger partial charge < -0.3 is 15.0 Å². The van der Waals surface area contributed by atoms with Crippen molar-refractivity contribution in [1.29, 1.82) is 0 Å². The lowest BCUT2D eigenvalue weighted by Gasteiger charge is -2.40. The summed E-state index contributed by atoms with van der Waals surface area (Å²) in [6.45, 7) is 6.04. The van der Waals surface area contributed by atoms with Crippen molar-refractivity contribution in [1.82, 2.24) is 5.32 Å². The van der Waals surface area contributed by atoms with Crippen LogP contribution in [0.2, 0.25) is 0 Å². The molecule has 3 heteroatoms. The van der Waals surface area contributed by atoms with Crippen LogP contribution in [0, 0.1) is 5.41 Å². The fraction of sp³-hybridized carbons (Fsp3) is 0.647. The summed E-state index contributed by atoms with van der Waals surface area (Å²) in [7, 11) is 4.22. The second-order valence-electron chi connectivity index (χ2n) is 6.06. The summed E-state index contributed by atoms with van der Waals surface area (Å²) in [6.07, 6.45) is 3.51. The predicted octanol–water partition coefficient (Wildman–Crippen LogP) is 2.70. The summed E-state index contributed by atoms with van der Waals surface area (Å²) >= 11 is 0. The van der Waals surface area contributed by atoms with Crippen LogP contribution >= 0.6 is 0 Å². The molecule has 0 bridgehead atoms. The minimum atomic E-state index is 0.241. The molecule has 1 heterocycles. The Hall–Kier alpha value is -1.06. The van der Waals surface area contributed by atoms with Gasteiger partial charge >= 0.3 is 0 Å². The third-order valence-electron chi connectivity index (χ3n) is 4.31. The summed E-state index contributed by atoms with van der Waals surface area (Å²) < 4.78 is 5.74. The number of nitrogens with one attached hydrogen (secondary N) is 1. The van der Waals surface area contributed by atoms with E-state index in [2.05, 4.69) is 48.5 Å². The van der Waals surface area contributed by atoms with E-state index in [0.29, 0.717) is 0 Å². The second kappa shape index (κ2) is 7.09. The highest BCUT2D eigenvalue weighted by atomic mass is 16.5. The van der Waals surface area contributed by atoms with Crippen LogP contribution in [0.3, 0.4) is 0 Å². The van der Waals surface area contributed by atoms with E-state index in [1.165, 1.54) is 24.1 Å². The summed E-state index contributed by atoms with van der Waals surface area (Å²) in [4.78, 5) is 2.37. The van der Waals surface area contributed by atoms with E-state index in [0.717, 1.165) is 32.7 Å². The Balaban J connectivity index is 2.04. The van der Waals surface area contributed by atoms with Gasteiger partial charge in [-0.25, -0.2) is 0 Å². The molecule has 0 amide bonds. The van der Waals surface area contributed by atoms with Gasteiger partial charge in [0, 0.05) is 37.8 Å². The molecule has 1 aromatic carbocycles. The first-order valence-corrected chi connectivity index (χ1v) is 7.71. The standard InChI is InChI=1S/C17H28N2O/c1-4-15-6-8-16(9-7-15)19(3)13-17(12-18-2)10-5-11-20-14-17/h6-9,18H,4-5,10-14H2,1-3H3. The number of rotatable bonds is 6. The second-order valence-corrected chi connectivity index (χ2v) is 6.06. The van der Waals surface area contributed by atoms with E-state index in [-0.39, 0.29) is 5.41 Å². The number of nitrogens with zero attached hydrogens (tertiary/aromatic N) is 1. The smallest absolute Gasteiger partial charge is 0.0551 e. The SMILES string of the molecule is CCc1ccc(N(C)CC2(CNC)CCCOC2)cc1. The molecule has 2 rings (SSSR count). The van der Waals surface area contributed by atoms with E-state index in [1.807, 2.05) is 7.05 Å². The Morgan fingerprint density at radius 3 is 2.60 bits per heavy atom. The van der Waals surface area contributed by atoms with E-state index in [9.17, 15) is 0 Å². The summed E-state index contributed by atoms with van der Waals surface area (Å²) in [5.74, 6) is 0. The predicted molar refractivity (Wildman–Crippen MR) is 85.5 cm³/mol. The summed E-state index contributed by atoms with van der Waals surface area (Å²) in [6, 6.07) is 8.92. The molecule has 112 valence electrons. The summed E-state index contributed by atoms with van der Waals surface area (Å²) in [5, 5.41) is 3.35. The number of anilines is 1. The van der Waals surface area contributed by atoms with Gasteiger partial charge in [0.25, 0.3) is 0 Å². The molecule has 1 aliphatic heterocycles. The maximum Gasteiger partial charge on any atom is 0.0551 e. The van der Waals surface area contributed by atoms with E-state index >= 15 is 0 Å². The molecule has 1 aliphatic rings. The highest BCUT2D eigenvalue weighted by Gasteiger charge is 2.33. The molecule has 1 saturated heterocycles. The molecule has 0 spiro atoms. The van der Waals surface area contributed by atoms with Crippen LogP contribution < -0.4 is 10.2 Å². The highest BCUT2D eigenvalue weighted by Crippen LogP contribution is 2.30. The first-order chi connectivity index (χ1) is 9.69. The van der Waals surface area contributed by atoms with Gasteiger partial charge in [0.2, 0.25) is 0 Å². The number of hydrogen-bond donors (Lipinski definition) is 1. The van der Waals surface area contributed by atoms with Gasteiger partial charge in [0.05, 0.1) is 6.61 Å². The zero-order valence-electron chi connectivity index (χ0n) is 13.1. The first-order valence-electron chi connectivity index (χ1n) is 7.71. The average molecular weight is 276 g/mol. The molecule has 1 unspecified atom stereocenters. The maximum atomic E-state index is 5.74. The van der Waals surface area contributed by atoms with Gasteiger partial charge in [-0.05, 0) is 44.0 Å². The molecule has 1 atom stereocenters. The Bertz CT molecular complexity index is 390. The molecule has 0 aliphatic carbocycles. The molecular weight excluding hydrogens is 248 g/mol. The lowest BCUT2D eigenvalue weighted by atomic mass is 9.81. The largest absolute Gasteiger partial charge is 0.381 e. The third-order valence-corrected chi connectivity index (χ3v) is 4.31. The molecule has 0 aromatic heterocycles. The van der Waals surface area contributed by atoms with Crippen molar-refractivity contribution in [3.63, 3.8) is 0 Å². The van der Waals surface area contributed by atoms with Crippen LogP contribution in [0.5, 0.6) is 0 Å². The van der Waals surface area contributed by atoms with Crippen molar-refractivity contribution >= 4 is 5.69 Å². The van der Waals surface area contributed by atoms with E-state index < -0.39 is 0 Å². The van der Waals surface area contributed by atoms with Crippen LogP contribution in [0.25, 0.3) is 0 Å². The Labute approximate surface area is 123 Å². The lowest BCUT2D eigenvalue weighted by molar-refractivity contribution is -0.00183. The van der Waals surface area contributed by atoms with Crippen molar-refractivity contribution < 1.29 is 4.74 Å². The molecule has 1 fully saturated rings. The zero-order chi connectivity index (χ0) is 14.4. The van der Waals surface area contributed by atoms with Gasteiger partial charge in [-0.2, -0.15) is 0 Å². The molecule has 1 N–H and O–H groups in total. The van der Waals surface area contributed by atoms with Gasteiger partial charge in [-0.15, -0.1) is 0 Å². The molecular formula is C17H28N2O. The number of ether oxygens (including phenoxy) is 1. The number of hydrogen-bond acceptors (Lipinski definition) is 3. The van der Waals surface area contributed by atoms with Crippen molar-refractivity contribution in [3.05, 3.63) is 29.8 Å². The maximum absolute atomic E-state index is 5.74. The number of aryl methyl sites for hydroxylation is 1. The topological polar surface area (TPSA) is 24.5 Å². The Morgan fingerprint density at radius 1 is 1.30 bits per heavy atom. The van der Waals surface area contributed by atoms with Crippen molar-refractivity contribution in [3.8, 4) is 0 Å². The number of benzene rings is 1. The van der Waals surface area contributed by atoms with Gasteiger partial charge in [-0.1, -0.05) is 19.1 Å². The quantitative estimate of drug-likeness (QED) is 0.864. The van der Waals surface area contributed by atoms with Gasteiger partial charge in [0.15, 0.2) is 0 Å². The summed E-state index contributed by atoms with van der Waals surface area (Å²) in [5.41, 5.74) is 2.93. The van der Waals surface area contributed by atoms with E-state index in [1.54, 1.807) is 0 Å². The van der Waals surface area contributed by atoms with E-state index in [4.69, 9.17) is 4.74 Å². The van der Waals surface area contributed by atoms with Crippen LogP contribution in [-0.4, -0.2) is 40.4 Å². The van der Waals surface area contributed by atoms with Gasteiger partial charge in [-0.3, -0.25) is 0 Å². The fourth-order valence-corrected chi connectivity index (χ4v) is 3.19. The first kappa shape index (κ1) is 15.3. The fourth-order valence-electron chi connectivity index (χ4n) is 3.19. The van der Waals surface area contributed by atoms with Gasteiger partial charge in [0.1, 0.15) is 0 Å². The van der Waals surface area contributed by atoms with Crippen molar-refractivity contribution in [2.75, 3.05) is 45.3 Å². The monoisotopic (exact) mass is 276 g/mol. The molecule has 20 heavy (non-hydrogen) atoms. The Morgan fingerprint density at radius 2 is 2.05 bits per heavy atom. The average Bonchev–Trinajstić information content (AvgIpc) is 2.48. The third kappa shape index (κ3) is 3.74. The minimum Gasteiger partial charge on any atom is -0.381 e. The molecule has 3 nitrogen and oxygen atoms in total. The van der Waals surface area contributed by atoms with Crippen LogP contribution in [-0.2, 0) is 11.2 Å². The van der Waals surface area contributed by atoms with Crippen molar-refractivity contribution in [2.45, 2.75) is 26.2 Å². The lowest BCUT2D eigenvalue weighted by Crippen LogP contribution is -2.47. The highest BCUT2D eigenvalue weighted by molar-refractivity contribution is 5.47. The molecule has 0 saturated carbocycles.